The maximum absolute atomic E-state index is 5.41. The number of piperazine rings is 1. The number of hydrogen-bond donors (Lipinski definition) is 2. The van der Waals surface area contributed by atoms with Gasteiger partial charge in [-0.25, -0.2) is 9.98 Å². The Morgan fingerprint density at radius 1 is 1.07 bits per heavy atom. The first-order valence-corrected chi connectivity index (χ1v) is 11.5. The largest absolute Gasteiger partial charge is 0.379 e. The van der Waals surface area contributed by atoms with Crippen molar-refractivity contribution < 1.29 is 4.74 Å². The number of rotatable bonds is 9. The number of aliphatic imine (C=N–C) groups is 1. The monoisotopic (exact) mass is 417 g/mol. The molecular formula is C22H39N7O. The Hall–Kier alpha value is -1.90. The molecule has 2 aliphatic heterocycles. The minimum absolute atomic E-state index is 0.656. The molecule has 1 aromatic heterocycles. The highest BCUT2D eigenvalue weighted by atomic mass is 16.5. The van der Waals surface area contributed by atoms with E-state index in [0.29, 0.717) is 6.54 Å². The maximum Gasteiger partial charge on any atom is 0.191 e. The Balaban J connectivity index is 1.46. The molecule has 0 amide bonds. The lowest BCUT2D eigenvalue weighted by molar-refractivity contribution is 0.0376. The Labute approximate surface area is 181 Å². The summed E-state index contributed by atoms with van der Waals surface area (Å²) >= 11 is 0. The Bertz CT molecular complexity index is 640. The molecule has 8 nitrogen and oxygen atoms in total. The van der Waals surface area contributed by atoms with E-state index in [1.807, 2.05) is 6.20 Å². The van der Waals surface area contributed by atoms with Gasteiger partial charge in [0.15, 0.2) is 5.96 Å². The van der Waals surface area contributed by atoms with Gasteiger partial charge < -0.3 is 25.2 Å². The van der Waals surface area contributed by atoms with Crippen molar-refractivity contribution in [1.82, 2.24) is 25.4 Å². The Morgan fingerprint density at radius 3 is 2.60 bits per heavy atom. The van der Waals surface area contributed by atoms with Gasteiger partial charge in [-0.15, -0.1) is 0 Å². The lowest BCUT2D eigenvalue weighted by Gasteiger charge is -2.34. The highest BCUT2D eigenvalue weighted by molar-refractivity contribution is 5.79. The van der Waals surface area contributed by atoms with Crippen molar-refractivity contribution >= 4 is 11.8 Å². The molecule has 168 valence electrons. The summed E-state index contributed by atoms with van der Waals surface area (Å²) in [5, 5.41) is 6.82. The molecule has 2 fully saturated rings. The molecule has 0 atom stereocenters. The van der Waals surface area contributed by atoms with E-state index in [0.717, 1.165) is 96.9 Å². The smallest absolute Gasteiger partial charge is 0.191 e. The van der Waals surface area contributed by atoms with Crippen molar-refractivity contribution in [2.45, 2.75) is 26.8 Å². The van der Waals surface area contributed by atoms with Crippen LogP contribution in [0.3, 0.4) is 0 Å². The quantitative estimate of drug-likeness (QED) is 0.353. The van der Waals surface area contributed by atoms with Crippen LogP contribution in [0.15, 0.2) is 23.3 Å². The van der Waals surface area contributed by atoms with Crippen molar-refractivity contribution in [2.24, 2.45) is 4.99 Å². The second kappa shape index (κ2) is 12.7. The van der Waals surface area contributed by atoms with Crippen molar-refractivity contribution in [1.29, 1.82) is 0 Å². The fourth-order valence-electron chi connectivity index (χ4n) is 3.87. The average Bonchev–Trinajstić information content (AvgIpc) is 2.81. The van der Waals surface area contributed by atoms with Crippen LogP contribution < -0.4 is 15.5 Å². The van der Waals surface area contributed by atoms with Gasteiger partial charge in [0.05, 0.1) is 19.8 Å². The molecule has 0 bridgehead atoms. The number of pyridine rings is 1. The van der Waals surface area contributed by atoms with Crippen LogP contribution in [0, 0.1) is 0 Å². The average molecular weight is 418 g/mol. The second-order valence-corrected chi connectivity index (χ2v) is 7.87. The molecule has 2 saturated heterocycles. The van der Waals surface area contributed by atoms with Gasteiger partial charge in [-0.1, -0.05) is 6.92 Å². The minimum Gasteiger partial charge on any atom is -0.379 e. The predicted molar refractivity (Wildman–Crippen MR) is 123 cm³/mol. The Kier molecular flexibility index (Phi) is 9.66. The molecule has 30 heavy (non-hydrogen) atoms. The molecule has 0 aromatic carbocycles. The summed E-state index contributed by atoms with van der Waals surface area (Å²) in [5.74, 6) is 1.95. The van der Waals surface area contributed by atoms with E-state index in [-0.39, 0.29) is 0 Å². The van der Waals surface area contributed by atoms with E-state index in [4.69, 9.17) is 9.73 Å². The lowest BCUT2D eigenvalue weighted by Crippen LogP contribution is -2.46. The van der Waals surface area contributed by atoms with Gasteiger partial charge in [0.25, 0.3) is 0 Å². The van der Waals surface area contributed by atoms with E-state index < -0.39 is 0 Å². The maximum atomic E-state index is 5.41. The van der Waals surface area contributed by atoms with Crippen LogP contribution >= 0.6 is 0 Å². The Morgan fingerprint density at radius 2 is 1.87 bits per heavy atom. The molecule has 2 aliphatic rings. The van der Waals surface area contributed by atoms with Gasteiger partial charge in [-0.05, 0) is 44.1 Å². The van der Waals surface area contributed by atoms with Crippen molar-refractivity contribution in [3.8, 4) is 0 Å². The SMILES string of the molecule is CCNC(=NCc1ccnc(N2CCN(CC)CC2)c1)NCCCN1CCOCC1. The van der Waals surface area contributed by atoms with Gasteiger partial charge in [-0.3, -0.25) is 4.90 Å². The molecular weight excluding hydrogens is 378 g/mol. The summed E-state index contributed by atoms with van der Waals surface area (Å²) in [5.41, 5.74) is 1.20. The molecule has 0 saturated carbocycles. The van der Waals surface area contributed by atoms with Crippen molar-refractivity contribution in [3.63, 3.8) is 0 Å². The van der Waals surface area contributed by atoms with Gasteiger partial charge in [0.1, 0.15) is 5.82 Å². The third-order valence-corrected chi connectivity index (χ3v) is 5.76. The molecule has 0 spiro atoms. The zero-order valence-corrected chi connectivity index (χ0v) is 18.8. The number of aromatic nitrogens is 1. The third kappa shape index (κ3) is 7.41. The van der Waals surface area contributed by atoms with Crippen LogP contribution in [-0.2, 0) is 11.3 Å². The van der Waals surface area contributed by atoms with Crippen LogP contribution in [-0.4, -0.2) is 99.4 Å². The zero-order valence-electron chi connectivity index (χ0n) is 18.8. The first-order valence-electron chi connectivity index (χ1n) is 11.5. The molecule has 1 aromatic rings. The van der Waals surface area contributed by atoms with Gasteiger partial charge >= 0.3 is 0 Å². The van der Waals surface area contributed by atoms with E-state index in [9.17, 15) is 0 Å². The number of anilines is 1. The van der Waals surface area contributed by atoms with Gasteiger partial charge in [0, 0.05) is 58.6 Å². The first-order chi connectivity index (χ1) is 14.8. The van der Waals surface area contributed by atoms with Crippen molar-refractivity contribution in [3.05, 3.63) is 23.9 Å². The molecule has 3 rings (SSSR count). The summed E-state index contributed by atoms with van der Waals surface area (Å²) < 4.78 is 5.41. The number of hydrogen-bond acceptors (Lipinski definition) is 6. The number of likely N-dealkylation sites (N-methyl/N-ethyl adjacent to an activating group) is 1. The van der Waals surface area contributed by atoms with Crippen molar-refractivity contribution in [2.75, 3.05) is 83.6 Å². The summed E-state index contributed by atoms with van der Waals surface area (Å²) in [6, 6.07) is 4.25. The van der Waals surface area contributed by atoms with E-state index in [1.165, 1.54) is 5.56 Å². The molecule has 0 aliphatic carbocycles. The van der Waals surface area contributed by atoms with E-state index in [1.54, 1.807) is 0 Å². The second-order valence-electron chi connectivity index (χ2n) is 7.87. The topological polar surface area (TPSA) is 68.3 Å². The predicted octanol–water partition coefficient (Wildman–Crippen LogP) is 1.00. The number of morpholine rings is 1. The highest BCUT2D eigenvalue weighted by Gasteiger charge is 2.16. The molecule has 0 unspecified atom stereocenters. The fourth-order valence-corrected chi connectivity index (χ4v) is 3.87. The molecule has 8 heteroatoms. The summed E-state index contributed by atoms with van der Waals surface area (Å²) in [4.78, 5) is 16.7. The molecule has 0 radical (unpaired) electrons. The molecule has 2 N–H and O–H groups in total. The normalized spacial score (nSPS) is 19.1. The fraction of sp³-hybridized carbons (Fsp3) is 0.727. The number of nitrogens with one attached hydrogen (secondary N) is 2. The third-order valence-electron chi connectivity index (χ3n) is 5.76. The van der Waals surface area contributed by atoms with Crippen LogP contribution in [0.1, 0.15) is 25.8 Å². The highest BCUT2D eigenvalue weighted by Crippen LogP contribution is 2.15. The van der Waals surface area contributed by atoms with E-state index in [2.05, 4.69) is 56.3 Å². The first kappa shape index (κ1) is 22.8. The van der Waals surface area contributed by atoms with Crippen LogP contribution in [0.2, 0.25) is 0 Å². The number of nitrogens with zero attached hydrogens (tertiary/aromatic N) is 5. The van der Waals surface area contributed by atoms with Gasteiger partial charge in [-0.2, -0.15) is 0 Å². The summed E-state index contributed by atoms with van der Waals surface area (Å²) in [7, 11) is 0. The minimum atomic E-state index is 0.656. The summed E-state index contributed by atoms with van der Waals surface area (Å²) in [6.07, 6.45) is 3.02. The standard InChI is InChI=1S/C22H39N7O/c1-3-23-22(25-7-5-9-28-14-16-30-17-15-28)26-19-20-6-8-24-21(18-20)29-12-10-27(4-2)11-13-29/h6,8,18H,3-5,7,9-17,19H2,1-2H3,(H2,23,25,26). The number of ether oxygens (including phenoxy) is 1. The number of guanidine groups is 1. The van der Waals surface area contributed by atoms with Crippen LogP contribution in [0.5, 0.6) is 0 Å². The van der Waals surface area contributed by atoms with Gasteiger partial charge in [0.2, 0.25) is 0 Å². The molecule has 3 heterocycles. The lowest BCUT2D eigenvalue weighted by atomic mass is 10.2. The van der Waals surface area contributed by atoms with Crippen LogP contribution in [0.4, 0.5) is 5.82 Å². The van der Waals surface area contributed by atoms with Crippen LogP contribution in [0.25, 0.3) is 0 Å². The zero-order chi connectivity index (χ0) is 21.0. The summed E-state index contributed by atoms with van der Waals surface area (Å²) in [6.45, 7) is 17.1. The van der Waals surface area contributed by atoms with E-state index >= 15 is 0 Å².